The summed E-state index contributed by atoms with van der Waals surface area (Å²) >= 11 is 0. The van der Waals surface area contributed by atoms with Gasteiger partial charge < -0.3 is 14.5 Å². The molecule has 0 aromatic heterocycles. The third kappa shape index (κ3) is 4.67. The third-order valence-electron chi connectivity index (χ3n) is 3.78. The first-order valence-corrected chi connectivity index (χ1v) is 7.34. The molecule has 1 amide bonds. The number of hydrogen-bond acceptors (Lipinski definition) is 3. The number of carbonyl (C=O) groups is 1. The van der Waals surface area contributed by atoms with Gasteiger partial charge in [-0.25, -0.2) is 4.79 Å². The van der Waals surface area contributed by atoms with Crippen LogP contribution in [0, 0.1) is 0 Å². The number of carbonyl (C=O) groups excluding carboxylic acids is 1. The molecule has 1 aliphatic rings. The van der Waals surface area contributed by atoms with Gasteiger partial charge in [0.2, 0.25) is 0 Å². The second-order valence-corrected chi connectivity index (χ2v) is 6.79. The van der Waals surface area contributed by atoms with Gasteiger partial charge in [-0.05, 0) is 32.7 Å². The van der Waals surface area contributed by atoms with Crippen molar-refractivity contribution < 1.29 is 35.9 Å². The Morgan fingerprint density at radius 3 is 1.46 bits per heavy atom. The van der Waals surface area contributed by atoms with Gasteiger partial charge in [0, 0.05) is 17.4 Å². The van der Waals surface area contributed by atoms with Gasteiger partial charge in [0.15, 0.2) is 0 Å². The van der Waals surface area contributed by atoms with Crippen LogP contribution < -0.4 is 0 Å². The van der Waals surface area contributed by atoms with Crippen molar-refractivity contribution in [3.8, 4) is 0 Å². The summed E-state index contributed by atoms with van der Waals surface area (Å²) in [5.41, 5.74) is -0.704. The Kier molecular flexibility index (Phi) is 6.43. The lowest BCUT2D eigenvalue weighted by Crippen LogP contribution is -2.74. The predicted octanol–water partition coefficient (Wildman–Crippen LogP) is 1.01. The molecule has 0 aliphatic carbocycles. The van der Waals surface area contributed by atoms with Crippen molar-refractivity contribution in [1.82, 2.24) is 9.80 Å². The normalized spacial score (nSPS) is 29.1. The van der Waals surface area contributed by atoms with Gasteiger partial charge in [0.05, 0.1) is 15.7 Å². The highest BCUT2D eigenvalue weighted by atomic mass is 19.4. The van der Waals surface area contributed by atoms with Crippen LogP contribution in [0.2, 0.25) is 0 Å². The van der Waals surface area contributed by atoms with Crippen LogP contribution in [0.5, 0.6) is 0 Å². The van der Waals surface area contributed by atoms with Gasteiger partial charge in [0.1, 0.15) is 15.7 Å². The molecule has 4 nitrogen and oxygen atoms in total. The number of piperazine rings is 1. The van der Waals surface area contributed by atoms with E-state index >= 15 is 0 Å². The molecule has 0 spiro atoms. The van der Waals surface area contributed by atoms with E-state index in [1.807, 2.05) is 0 Å². The molecule has 0 saturated carbocycles. The Bertz CT molecular complexity index is 497. The lowest BCUT2D eigenvalue weighted by Gasteiger charge is -2.58. The van der Waals surface area contributed by atoms with E-state index in [-0.39, 0.29) is 4.90 Å². The molecule has 1 rings (SSSR count). The highest BCUT2D eigenvalue weighted by Crippen LogP contribution is 2.37. The molecule has 1 saturated heterocycles. The minimum absolute atomic E-state index is 0.280. The lowest BCUT2D eigenvalue weighted by atomic mass is 9.63. The predicted molar refractivity (Wildman–Crippen MR) is 84.0 cm³/mol. The molecule has 0 aromatic carbocycles. The summed E-state index contributed by atoms with van der Waals surface area (Å²) in [5, 5.41) is 0. The largest absolute Gasteiger partial charge is 0.434 e. The van der Waals surface area contributed by atoms with E-state index < -0.39 is 53.9 Å². The number of hydrogen-bond donors (Lipinski definition) is 0. The smallest absolute Gasteiger partial charge is 0.426 e. The summed E-state index contributed by atoms with van der Waals surface area (Å²) in [5.74, 6) is -5.54. The molecule has 0 N–H and O–H groups in total. The van der Waals surface area contributed by atoms with Crippen molar-refractivity contribution in [2.45, 2.75) is 68.5 Å². The van der Waals surface area contributed by atoms with E-state index in [0.717, 1.165) is 0 Å². The molecule has 8 radical (unpaired) electrons. The Morgan fingerprint density at radius 1 is 0.846 bits per heavy atom. The molecule has 0 aromatic rings. The molecule has 1 aliphatic heterocycles. The maximum atomic E-state index is 12.6. The van der Waals surface area contributed by atoms with Crippen LogP contribution in [0.4, 0.5) is 31.1 Å². The minimum atomic E-state index is -5.88. The first-order chi connectivity index (χ1) is 11.4. The molecule has 1 heterocycles. The summed E-state index contributed by atoms with van der Waals surface area (Å²) in [6.07, 6.45) is -18.1. The monoisotopic (exact) mass is 376 g/mol. The van der Waals surface area contributed by atoms with Crippen LogP contribution in [-0.4, -0.2) is 95.0 Å². The average Bonchev–Trinajstić information content (AvgIpc) is 2.39. The molecule has 14 heteroatoms. The van der Waals surface area contributed by atoms with Crippen molar-refractivity contribution in [3.63, 3.8) is 0 Å². The molecular weight excluding hydrogens is 361 g/mol. The summed E-state index contributed by atoms with van der Waals surface area (Å²) in [6.45, 7) is 5.05. The molecule has 138 valence electrons. The lowest BCUT2D eigenvalue weighted by molar-refractivity contribution is -0.308. The van der Waals surface area contributed by atoms with Crippen molar-refractivity contribution in [1.29, 1.82) is 0 Å². The zero-order valence-electron chi connectivity index (χ0n) is 14.2. The van der Waals surface area contributed by atoms with Crippen LogP contribution in [0.15, 0.2) is 0 Å². The number of nitrogens with zero attached hydrogens (tertiary/aromatic N) is 2. The number of rotatable bonds is 1. The molecule has 0 bridgehead atoms. The molecule has 26 heavy (non-hydrogen) atoms. The first-order valence-electron chi connectivity index (χ1n) is 7.34. The number of alkyl halides is 6. The second-order valence-electron chi connectivity index (χ2n) is 6.79. The van der Waals surface area contributed by atoms with Crippen molar-refractivity contribution >= 4 is 37.5 Å². The topological polar surface area (TPSA) is 32.8 Å². The molecular formula is C12H14B4F6N2O2. The highest BCUT2D eigenvalue weighted by molar-refractivity contribution is 6.27. The van der Waals surface area contributed by atoms with Gasteiger partial charge in [-0.15, -0.1) is 0 Å². The zero-order valence-corrected chi connectivity index (χ0v) is 14.2. The van der Waals surface area contributed by atoms with Crippen LogP contribution in [-0.2, 0) is 4.74 Å². The van der Waals surface area contributed by atoms with Gasteiger partial charge in [-0.2, -0.15) is 26.3 Å². The first kappa shape index (κ1) is 23.1. The number of amides is 1. The van der Waals surface area contributed by atoms with E-state index in [4.69, 9.17) is 31.4 Å². The van der Waals surface area contributed by atoms with E-state index in [1.165, 1.54) is 4.90 Å². The van der Waals surface area contributed by atoms with Crippen LogP contribution in [0.3, 0.4) is 0 Å². The van der Waals surface area contributed by atoms with Gasteiger partial charge >= 0.3 is 18.4 Å². The Balaban J connectivity index is 3.13. The fourth-order valence-corrected chi connectivity index (χ4v) is 2.67. The summed E-state index contributed by atoms with van der Waals surface area (Å²) in [7, 11) is 23.2. The Labute approximate surface area is 152 Å². The Hall–Kier alpha value is -0.930. The fraction of sp³-hybridized carbons (Fsp3) is 0.917. The zero-order chi connectivity index (χ0) is 20.8. The van der Waals surface area contributed by atoms with Crippen LogP contribution >= 0.6 is 0 Å². The van der Waals surface area contributed by atoms with Crippen LogP contribution in [0.25, 0.3) is 0 Å². The number of halogens is 6. The summed E-state index contributed by atoms with van der Waals surface area (Å²) < 4.78 is 79.1. The minimum Gasteiger partial charge on any atom is -0.426 e. The maximum Gasteiger partial charge on any atom is 0.434 e. The summed E-state index contributed by atoms with van der Waals surface area (Å²) in [4.78, 5) is 13.7. The molecule has 1 fully saturated rings. The van der Waals surface area contributed by atoms with Gasteiger partial charge in [0.25, 0.3) is 6.10 Å². The van der Waals surface area contributed by atoms with Crippen LogP contribution in [0.1, 0.15) is 20.8 Å². The third-order valence-corrected chi connectivity index (χ3v) is 3.78. The SMILES string of the molecule is [B]C1C([B])N(C(C)(C)C)C([B])C([B])N1C(=O)OC(C(F)(F)F)C(F)(F)F. The summed E-state index contributed by atoms with van der Waals surface area (Å²) in [6, 6.07) is 0. The van der Waals surface area contributed by atoms with E-state index in [1.54, 1.807) is 20.8 Å². The van der Waals surface area contributed by atoms with Gasteiger partial charge in [-0.3, -0.25) is 0 Å². The number of ether oxygens (including phenoxy) is 1. The Morgan fingerprint density at radius 2 is 1.19 bits per heavy atom. The maximum absolute atomic E-state index is 12.6. The molecule has 4 unspecified atom stereocenters. The molecule has 4 atom stereocenters. The average molecular weight is 375 g/mol. The van der Waals surface area contributed by atoms with Gasteiger partial charge in [-0.1, -0.05) is 0 Å². The highest BCUT2D eigenvalue weighted by Gasteiger charge is 2.60. The fourth-order valence-electron chi connectivity index (χ4n) is 2.67. The van der Waals surface area contributed by atoms with Crippen molar-refractivity contribution in [2.75, 3.05) is 0 Å². The standard InChI is InChI=1S/C12H14B4F6N2O2/c1-10(2,3)24-6(15)4(13)23(5(14)7(24)16)9(25)26-8(11(17,18)19)12(20,21)22/h4-8H,1-3H3. The van der Waals surface area contributed by atoms with E-state index in [9.17, 15) is 31.1 Å². The quantitative estimate of drug-likeness (QED) is 0.507. The second kappa shape index (κ2) is 7.24. The van der Waals surface area contributed by atoms with E-state index in [2.05, 4.69) is 4.74 Å². The van der Waals surface area contributed by atoms with E-state index in [0.29, 0.717) is 0 Å². The van der Waals surface area contributed by atoms with Crippen molar-refractivity contribution in [3.05, 3.63) is 0 Å². The van der Waals surface area contributed by atoms with Crippen molar-refractivity contribution in [2.24, 2.45) is 0 Å².